The van der Waals surface area contributed by atoms with Gasteiger partial charge in [-0.25, -0.2) is 4.98 Å². The Morgan fingerprint density at radius 2 is 1.84 bits per heavy atom. The molecule has 0 spiro atoms. The number of rotatable bonds is 7. The van der Waals surface area contributed by atoms with E-state index in [1.54, 1.807) is 7.05 Å². The number of hydrogen-bond donors (Lipinski definition) is 2. The van der Waals surface area contributed by atoms with E-state index in [0.717, 1.165) is 50.7 Å². The number of hydrogen-bond acceptors (Lipinski definition) is 4. The zero-order valence-corrected chi connectivity index (χ0v) is 21.6. The van der Waals surface area contributed by atoms with Gasteiger partial charge in [0.05, 0.1) is 12.2 Å². The van der Waals surface area contributed by atoms with Gasteiger partial charge in [0.15, 0.2) is 5.96 Å². The summed E-state index contributed by atoms with van der Waals surface area (Å²) in [6.07, 6.45) is 3.22. The molecule has 1 aromatic carbocycles. The van der Waals surface area contributed by atoms with Crippen LogP contribution in [-0.4, -0.2) is 54.7 Å². The molecular formula is C23H33ClIN5O. The van der Waals surface area contributed by atoms with E-state index >= 15 is 0 Å². The van der Waals surface area contributed by atoms with Crippen LogP contribution in [0.5, 0.6) is 0 Å². The molecule has 0 amide bonds. The first-order valence-electron chi connectivity index (χ1n) is 10.5. The minimum absolute atomic E-state index is 0. The topological polar surface area (TPSA) is 61.8 Å². The first-order valence-corrected chi connectivity index (χ1v) is 10.9. The molecule has 2 heterocycles. The molecule has 2 atom stereocenters. The molecule has 0 bridgehead atoms. The van der Waals surface area contributed by atoms with Gasteiger partial charge in [0, 0.05) is 46.0 Å². The van der Waals surface area contributed by atoms with Crippen LogP contribution < -0.4 is 10.6 Å². The number of benzene rings is 1. The summed E-state index contributed by atoms with van der Waals surface area (Å²) in [4.78, 5) is 10.9. The lowest BCUT2D eigenvalue weighted by Gasteiger charge is -2.35. The van der Waals surface area contributed by atoms with Crippen LogP contribution in [0, 0.1) is 0 Å². The maximum absolute atomic E-state index is 5.86. The molecule has 0 saturated carbocycles. The van der Waals surface area contributed by atoms with E-state index in [9.17, 15) is 0 Å². The first-order chi connectivity index (χ1) is 14.5. The van der Waals surface area contributed by atoms with Crippen molar-refractivity contribution in [2.24, 2.45) is 4.99 Å². The van der Waals surface area contributed by atoms with Gasteiger partial charge in [-0.2, -0.15) is 0 Å². The molecule has 1 aliphatic heterocycles. The standard InChI is InChI=1S/C23H32ClN5O.HI/c1-17-14-29(15-18(2)30-17)16-21-7-5-4-6-20(21)13-28-23(25-3)26-11-10-19-8-9-22(24)27-12-19;/h4-9,12,17-18H,10-11,13-16H2,1-3H3,(H2,25,26,28);1H. The second-order valence-electron chi connectivity index (χ2n) is 7.81. The predicted molar refractivity (Wildman–Crippen MR) is 138 cm³/mol. The van der Waals surface area contributed by atoms with Crippen LogP contribution in [0.15, 0.2) is 47.6 Å². The normalized spacial score (nSPS) is 19.5. The van der Waals surface area contributed by atoms with Crippen molar-refractivity contribution in [3.8, 4) is 0 Å². The molecule has 3 rings (SSSR count). The fourth-order valence-corrected chi connectivity index (χ4v) is 3.93. The number of aliphatic imine (C=N–C) groups is 1. The van der Waals surface area contributed by atoms with E-state index in [-0.39, 0.29) is 36.2 Å². The van der Waals surface area contributed by atoms with Crippen molar-refractivity contribution < 1.29 is 4.74 Å². The summed E-state index contributed by atoms with van der Waals surface area (Å²) in [7, 11) is 1.79. The van der Waals surface area contributed by atoms with E-state index < -0.39 is 0 Å². The molecule has 1 aromatic heterocycles. The number of ether oxygens (including phenoxy) is 1. The van der Waals surface area contributed by atoms with Crippen molar-refractivity contribution in [1.29, 1.82) is 0 Å². The Balaban J connectivity index is 0.00000341. The van der Waals surface area contributed by atoms with Gasteiger partial charge in [-0.3, -0.25) is 9.89 Å². The van der Waals surface area contributed by atoms with E-state index in [2.05, 4.69) is 63.6 Å². The van der Waals surface area contributed by atoms with Crippen molar-refractivity contribution in [3.05, 3.63) is 64.4 Å². The number of nitrogens with zero attached hydrogens (tertiary/aromatic N) is 3. The number of morpholine rings is 1. The Morgan fingerprint density at radius 3 is 2.48 bits per heavy atom. The highest BCUT2D eigenvalue weighted by molar-refractivity contribution is 14.0. The minimum atomic E-state index is 0. The zero-order valence-electron chi connectivity index (χ0n) is 18.5. The van der Waals surface area contributed by atoms with E-state index in [0.29, 0.717) is 5.15 Å². The van der Waals surface area contributed by atoms with Crippen LogP contribution in [0.25, 0.3) is 0 Å². The molecule has 1 saturated heterocycles. The summed E-state index contributed by atoms with van der Waals surface area (Å²) < 4.78 is 5.86. The molecule has 6 nitrogen and oxygen atoms in total. The number of guanidine groups is 1. The average Bonchev–Trinajstić information content (AvgIpc) is 2.72. The Morgan fingerprint density at radius 1 is 1.13 bits per heavy atom. The van der Waals surface area contributed by atoms with Gasteiger partial charge in [-0.15, -0.1) is 24.0 Å². The second-order valence-corrected chi connectivity index (χ2v) is 8.20. The SMILES string of the molecule is CN=C(NCCc1ccc(Cl)nc1)NCc1ccccc1CN1CC(C)OC(C)C1.I. The van der Waals surface area contributed by atoms with E-state index in [1.165, 1.54) is 11.1 Å². The molecule has 2 unspecified atom stereocenters. The molecule has 8 heteroatoms. The highest BCUT2D eigenvalue weighted by Crippen LogP contribution is 2.17. The van der Waals surface area contributed by atoms with Gasteiger partial charge < -0.3 is 15.4 Å². The van der Waals surface area contributed by atoms with Crippen LogP contribution in [0.4, 0.5) is 0 Å². The van der Waals surface area contributed by atoms with Gasteiger partial charge in [-0.05, 0) is 43.0 Å². The Labute approximate surface area is 207 Å². The maximum Gasteiger partial charge on any atom is 0.191 e. The number of pyridine rings is 1. The van der Waals surface area contributed by atoms with Gasteiger partial charge in [-0.1, -0.05) is 41.9 Å². The van der Waals surface area contributed by atoms with Crippen LogP contribution in [0.1, 0.15) is 30.5 Å². The summed E-state index contributed by atoms with van der Waals surface area (Å²) in [6.45, 7) is 8.66. The van der Waals surface area contributed by atoms with Gasteiger partial charge in [0.1, 0.15) is 5.15 Å². The van der Waals surface area contributed by atoms with Crippen LogP contribution in [-0.2, 0) is 24.2 Å². The van der Waals surface area contributed by atoms with E-state index in [4.69, 9.17) is 16.3 Å². The third kappa shape index (κ3) is 8.56. The fraction of sp³-hybridized carbons (Fsp3) is 0.478. The quantitative estimate of drug-likeness (QED) is 0.234. The van der Waals surface area contributed by atoms with Crippen molar-refractivity contribution >= 4 is 41.5 Å². The first kappa shape index (κ1) is 25.8. The fourth-order valence-electron chi connectivity index (χ4n) is 3.82. The summed E-state index contributed by atoms with van der Waals surface area (Å²) in [5.41, 5.74) is 3.77. The molecule has 0 radical (unpaired) electrons. The lowest BCUT2D eigenvalue weighted by molar-refractivity contribution is -0.0705. The van der Waals surface area contributed by atoms with Crippen molar-refractivity contribution in [2.45, 2.75) is 45.6 Å². The van der Waals surface area contributed by atoms with Gasteiger partial charge in [0.25, 0.3) is 0 Å². The number of aromatic nitrogens is 1. The van der Waals surface area contributed by atoms with Crippen molar-refractivity contribution in [1.82, 2.24) is 20.5 Å². The van der Waals surface area contributed by atoms with E-state index in [1.807, 2.05) is 18.3 Å². The van der Waals surface area contributed by atoms with Crippen molar-refractivity contribution in [3.63, 3.8) is 0 Å². The summed E-state index contributed by atoms with van der Waals surface area (Å²) in [5.74, 6) is 0.792. The van der Waals surface area contributed by atoms with Crippen molar-refractivity contribution in [2.75, 3.05) is 26.7 Å². The average molecular weight is 558 g/mol. The maximum atomic E-state index is 5.86. The summed E-state index contributed by atoms with van der Waals surface area (Å²) in [5, 5.41) is 7.32. The molecule has 170 valence electrons. The number of halogens is 2. The highest BCUT2D eigenvalue weighted by Gasteiger charge is 2.22. The summed E-state index contributed by atoms with van der Waals surface area (Å²) >= 11 is 5.84. The third-order valence-corrected chi connectivity index (χ3v) is 5.40. The molecule has 2 aromatic rings. The van der Waals surface area contributed by atoms with Gasteiger partial charge >= 0.3 is 0 Å². The molecule has 2 N–H and O–H groups in total. The summed E-state index contributed by atoms with van der Waals surface area (Å²) in [6, 6.07) is 12.4. The monoisotopic (exact) mass is 557 g/mol. The lowest BCUT2D eigenvalue weighted by Crippen LogP contribution is -2.45. The highest BCUT2D eigenvalue weighted by atomic mass is 127. The third-order valence-electron chi connectivity index (χ3n) is 5.17. The van der Waals surface area contributed by atoms with Crippen LogP contribution in [0.2, 0.25) is 5.15 Å². The van der Waals surface area contributed by atoms with Gasteiger partial charge in [0.2, 0.25) is 0 Å². The largest absolute Gasteiger partial charge is 0.373 e. The number of nitrogens with one attached hydrogen (secondary N) is 2. The predicted octanol–water partition coefficient (Wildman–Crippen LogP) is 3.87. The smallest absolute Gasteiger partial charge is 0.191 e. The Bertz CT molecular complexity index is 823. The minimum Gasteiger partial charge on any atom is -0.373 e. The molecule has 1 fully saturated rings. The lowest BCUT2D eigenvalue weighted by atomic mass is 10.1. The second kappa shape index (κ2) is 13.2. The molecule has 0 aliphatic carbocycles. The molecule has 31 heavy (non-hydrogen) atoms. The molecule has 1 aliphatic rings. The Kier molecular flexibility index (Phi) is 11.0. The van der Waals surface area contributed by atoms with Crippen LogP contribution in [0.3, 0.4) is 0 Å². The zero-order chi connectivity index (χ0) is 21.3. The van der Waals surface area contributed by atoms with Crippen LogP contribution >= 0.6 is 35.6 Å². The Hall–Kier alpha value is -1.42. The molecular weight excluding hydrogens is 525 g/mol.